The fourth-order valence-electron chi connectivity index (χ4n) is 3.06. The molecule has 2 aromatic rings. The Labute approximate surface area is 151 Å². The third-order valence-electron chi connectivity index (χ3n) is 4.48. The number of nitrogens with one attached hydrogen (secondary N) is 1. The molecule has 1 N–H and O–H groups in total. The van der Waals surface area contributed by atoms with E-state index in [1.54, 1.807) is 18.2 Å². The number of esters is 1. The average Bonchev–Trinajstić information content (AvgIpc) is 2.69. The molecular weight excluding hydrogens is 337 g/mol. The maximum atomic E-state index is 13.0. The van der Waals surface area contributed by atoms with Gasteiger partial charge in [-0.3, -0.25) is 0 Å². The molecule has 1 fully saturated rings. The first-order chi connectivity index (χ1) is 12.6. The van der Waals surface area contributed by atoms with Gasteiger partial charge in [-0.05, 0) is 49.2 Å². The van der Waals surface area contributed by atoms with E-state index < -0.39 is 5.97 Å². The second kappa shape index (κ2) is 8.03. The minimum atomic E-state index is -0.469. The van der Waals surface area contributed by atoms with Gasteiger partial charge in [0.15, 0.2) is 0 Å². The van der Waals surface area contributed by atoms with Crippen molar-refractivity contribution in [3.05, 3.63) is 47.8 Å². The normalized spacial score (nSPS) is 14.8. The molecular formula is C19H22FN3O3. The summed E-state index contributed by atoms with van der Waals surface area (Å²) in [6, 6.07) is 10.2. The van der Waals surface area contributed by atoms with E-state index in [0.29, 0.717) is 11.6 Å². The fourth-order valence-corrected chi connectivity index (χ4v) is 3.06. The Bertz CT molecular complexity index is 759. The molecule has 1 aromatic carbocycles. The minimum Gasteiger partial charge on any atom is -0.480 e. The number of aromatic nitrogens is 1. The van der Waals surface area contributed by atoms with Gasteiger partial charge < -0.3 is 19.7 Å². The Morgan fingerprint density at radius 3 is 2.46 bits per heavy atom. The molecule has 0 spiro atoms. The topological polar surface area (TPSA) is 63.7 Å². The summed E-state index contributed by atoms with van der Waals surface area (Å²) in [6.07, 6.45) is 1.86. The van der Waals surface area contributed by atoms with Crippen molar-refractivity contribution in [1.82, 2.24) is 4.98 Å². The third-order valence-corrected chi connectivity index (χ3v) is 4.48. The number of pyridine rings is 1. The highest BCUT2D eigenvalue weighted by Gasteiger charge is 2.22. The lowest BCUT2D eigenvalue weighted by molar-refractivity contribution is 0.0596. The molecule has 26 heavy (non-hydrogen) atoms. The smallest absolute Gasteiger partial charge is 0.343 e. The van der Waals surface area contributed by atoms with E-state index in [2.05, 4.69) is 15.2 Å². The van der Waals surface area contributed by atoms with Gasteiger partial charge in [0.25, 0.3) is 0 Å². The summed E-state index contributed by atoms with van der Waals surface area (Å²) in [4.78, 5) is 18.3. The Hall–Kier alpha value is -2.83. The maximum Gasteiger partial charge on any atom is 0.343 e. The lowest BCUT2D eigenvalue weighted by atomic mass is 10.0. The number of benzene rings is 1. The largest absolute Gasteiger partial charge is 0.480 e. The number of hydrogen-bond donors (Lipinski definition) is 1. The van der Waals surface area contributed by atoms with Crippen molar-refractivity contribution in [2.75, 3.05) is 37.5 Å². The number of nitrogens with zero attached hydrogens (tertiary/aromatic N) is 2. The Morgan fingerprint density at radius 2 is 1.85 bits per heavy atom. The van der Waals surface area contributed by atoms with Crippen LogP contribution in [0.25, 0.3) is 0 Å². The van der Waals surface area contributed by atoms with Gasteiger partial charge in [0.1, 0.15) is 17.2 Å². The number of anilines is 2. The molecule has 0 atom stereocenters. The maximum absolute atomic E-state index is 13.0. The Morgan fingerprint density at radius 1 is 1.15 bits per heavy atom. The summed E-state index contributed by atoms with van der Waals surface area (Å²) in [7, 11) is 2.81. The van der Waals surface area contributed by atoms with E-state index in [4.69, 9.17) is 9.47 Å². The highest BCUT2D eigenvalue weighted by atomic mass is 19.1. The molecule has 138 valence electrons. The number of ether oxygens (including phenoxy) is 2. The molecule has 1 aliphatic heterocycles. The van der Waals surface area contributed by atoms with Gasteiger partial charge in [0.05, 0.1) is 14.2 Å². The summed E-state index contributed by atoms with van der Waals surface area (Å²) in [5, 5.41) is 3.43. The number of piperidine rings is 1. The van der Waals surface area contributed by atoms with E-state index in [9.17, 15) is 9.18 Å². The SMILES string of the molecule is COC(=O)c1ccc(N2CCC(Nc3ccc(F)cc3)CC2)nc1OC. The van der Waals surface area contributed by atoms with Crippen LogP contribution in [0.2, 0.25) is 0 Å². The standard InChI is InChI=1S/C19H22FN3O3/c1-25-18-16(19(24)26-2)7-8-17(22-18)23-11-9-15(10-12-23)21-14-5-3-13(20)4-6-14/h3-8,15,21H,9-12H2,1-2H3. The zero-order chi connectivity index (χ0) is 18.5. The highest BCUT2D eigenvalue weighted by Crippen LogP contribution is 2.25. The summed E-state index contributed by atoms with van der Waals surface area (Å²) < 4.78 is 23.0. The third kappa shape index (κ3) is 4.04. The second-order valence-corrected chi connectivity index (χ2v) is 6.13. The van der Waals surface area contributed by atoms with E-state index in [1.165, 1.54) is 26.4 Å². The first-order valence-corrected chi connectivity index (χ1v) is 8.51. The predicted molar refractivity (Wildman–Crippen MR) is 97.4 cm³/mol. The summed E-state index contributed by atoms with van der Waals surface area (Å²) in [6.45, 7) is 1.65. The van der Waals surface area contributed by atoms with Crippen molar-refractivity contribution in [3.63, 3.8) is 0 Å². The van der Waals surface area contributed by atoms with E-state index >= 15 is 0 Å². The zero-order valence-corrected chi connectivity index (χ0v) is 14.9. The van der Waals surface area contributed by atoms with Crippen LogP contribution in [0.15, 0.2) is 36.4 Å². The van der Waals surface area contributed by atoms with Gasteiger partial charge in [-0.15, -0.1) is 0 Å². The molecule has 1 aromatic heterocycles. The lowest BCUT2D eigenvalue weighted by Crippen LogP contribution is -2.39. The number of carbonyl (C=O) groups excluding carboxylic acids is 1. The van der Waals surface area contributed by atoms with Crippen LogP contribution in [0.3, 0.4) is 0 Å². The van der Waals surface area contributed by atoms with Crippen LogP contribution in [-0.4, -0.2) is 44.3 Å². The van der Waals surface area contributed by atoms with Crippen molar-refractivity contribution < 1.29 is 18.7 Å². The zero-order valence-electron chi connectivity index (χ0n) is 14.9. The number of methoxy groups -OCH3 is 2. The van der Waals surface area contributed by atoms with Gasteiger partial charge in [0, 0.05) is 24.8 Å². The van der Waals surface area contributed by atoms with Crippen molar-refractivity contribution in [1.29, 1.82) is 0 Å². The summed E-state index contributed by atoms with van der Waals surface area (Å²) in [5.74, 6) is 0.333. The first-order valence-electron chi connectivity index (χ1n) is 8.51. The van der Waals surface area contributed by atoms with Crippen LogP contribution in [0.4, 0.5) is 15.9 Å². The summed E-state index contributed by atoms with van der Waals surface area (Å²) in [5.41, 5.74) is 1.23. The quantitative estimate of drug-likeness (QED) is 0.828. The van der Waals surface area contributed by atoms with Crippen molar-refractivity contribution in [2.45, 2.75) is 18.9 Å². The minimum absolute atomic E-state index is 0.235. The molecule has 7 heteroatoms. The van der Waals surface area contributed by atoms with Crippen LogP contribution in [-0.2, 0) is 4.74 Å². The molecule has 0 aliphatic carbocycles. The van der Waals surface area contributed by atoms with Gasteiger partial charge in [-0.25, -0.2) is 9.18 Å². The molecule has 0 unspecified atom stereocenters. The van der Waals surface area contributed by atoms with Gasteiger partial charge in [-0.2, -0.15) is 4.98 Å². The van der Waals surface area contributed by atoms with Crippen LogP contribution in [0, 0.1) is 5.82 Å². The van der Waals surface area contributed by atoms with E-state index in [0.717, 1.165) is 37.4 Å². The molecule has 0 saturated carbocycles. The number of carbonyl (C=O) groups is 1. The lowest BCUT2D eigenvalue weighted by Gasteiger charge is -2.33. The second-order valence-electron chi connectivity index (χ2n) is 6.13. The fraction of sp³-hybridized carbons (Fsp3) is 0.368. The molecule has 0 bridgehead atoms. The predicted octanol–water partition coefficient (Wildman–Crippen LogP) is 3.10. The van der Waals surface area contributed by atoms with Gasteiger partial charge in [0.2, 0.25) is 5.88 Å². The molecule has 6 nitrogen and oxygen atoms in total. The van der Waals surface area contributed by atoms with Crippen molar-refractivity contribution in [3.8, 4) is 5.88 Å². The van der Waals surface area contributed by atoms with Crippen LogP contribution in [0.1, 0.15) is 23.2 Å². The number of halogens is 1. The Kier molecular flexibility index (Phi) is 5.55. The van der Waals surface area contributed by atoms with E-state index in [1.807, 2.05) is 6.07 Å². The van der Waals surface area contributed by atoms with E-state index in [-0.39, 0.29) is 11.7 Å². The average molecular weight is 359 g/mol. The van der Waals surface area contributed by atoms with Crippen LogP contribution < -0.4 is 15.0 Å². The first kappa shape index (κ1) is 18.0. The van der Waals surface area contributed by atoms with Crippen molar-refractivity contribution in [2.24, 2.45) is 0 Å². The molecule has 2 heterocycles. The highest BCUT2D eigenvalue weighted by molar-refractivity contribution is 5.92. The van der Waals surface area contributed by atoms with Gasteiger partial charge >= 0.3 is 5.97 Å². The number of rotatable bonds is 5. The Balaban J connectivity index is 1.62. The molecule has 0 radical (unpaired) electrons. The molecule has 1 aliphatic rings. The van der Waals surface area contributed by atoms with Gasteiger partial charge in [-0.1, -0.05) is 0 Å². The molecule has 1 saturated heterocycles. The molecule has 0 amide bonds. The van der Waals surface area contributed by atoms with Crippen molar-refractivity contribution >= 4 is 17.5 Å². The summed E-state index contributed by atoms with van der Waals surface area (Å²) >= 11 is 0. The van der Waals surface area contributed by atoms with Crippen LogP contribution >= 0.6 is 0 Å². The molecule has 3 rings (SSSR count). The number of hydrogen-bond acceptors (Lipinski definition) is 6. The monoisotopic (exact) mass is 359 g/mol. The van der Waals surface area contributed by atoms with Crippen LogP contribution in [0.5, 0.6) is 5.88 Å².